The van der Waals surface area contributed by atoms with Crippen LogP contribution in [0.1, 0.15) is 34.3 Å². The molecule has 2 unspecified atom stereocenters. The zero-order valence-electron chi connectivity index (χ0n) is 13.3. The van der Waals surface area contributed by atoms with Crippen LogP contribution in [0.15, 0.2) is 42.5 Å². The molecule has 0 saturated heterocycles. The minimum atomic E-state index is -1.04. The van der Waals surface area contributed by atoms with Crippen molar-refractivity contribution in [3.05, 3.63) is 59.2 Å². The van der Waals surface area contributed by atoms with E-state index in [0.29, 0.717) is 17.1 Å². The number of hydrogen-bond acceptors (Lipinski definition) is 4. The van der Waals surface area contributed by atoms with Gasteiger partial charge in [0.05, 0.1) is 25.9 Å². The molecule has 2 rings (SSSR count). The van der Waals surface area contributed by atoms with Crippen molar-refractivity contribution in [2.75, 3.05) is 14.2 Å². The van der Waals surface area contributed by atoms with Crippen molar-refractivity contribution in [2.45, 2.75) is 18.9 Å². The van der Waals surface area contributed by atoms with Crippen LogP contribution < -0.4 is 9.47 Å². The standard InChI is InChI=1S/C18H20O5/c1-11(19)17(12-4-6-13(22-2)7-5-12)16-10-14(23-3)8-9-15(16)18(20)21/h4-11,17,19H,1-3H3,(H,20,21). The van der Waals surface area contributed by atoms with Gasteiger partial charge in [-0.25, -0.2) is 4.79 Å². The fraction of sp³-hybridized carbons (Fsp3) is 0.278. The predicted octanol–water partition coefficient (Wildman–Crippen LogP) is 2.91. The molecule has 122 valence electrons. The Labute approximate surface area is 135 Å². The summed E-state index contributed by atoms with van der Waals surface area (Å²) in [6.07, 6.45) is -0.770. The third-order valence-electron chi connectivity index (χ3n) is 3.78. The highest BCUT2D eigenvalue weighted by Crippen LogP contribution is 2.34. The Balaban J connectivity index is 2.58. The number of aliphatic hydroxyl groups excluding tert-OH is 1. The van der Waals surface area contributed by atoms with Crippen LogP contribution in [0, 0.1) is 0 Å². The second-order valence-electron chi connectivity index (χ2n) is 5.25. The summed E-state index contributed by atoms with van der Waals surface area (Å²) in [7, 11) is 3.09. The van der Waals surface area contributed by atoms with Gasteiger partial charge in [-0.15, -0.1) is 0 Å². The molecule has 5 heteroatoms. The van der Waals surface area contributed by atoms with Gasteiger partial charge in [0.15, 0.2) is 0 Å². The number of carboxylic acid groups (broad SMARTS) is 1. The largest absolute Gasteiger partial charge is 0.497 e. The highest BCUT2D eigenvalue weighted by atomic mass is 16.5. The maximum absolute atomic E-state index is 11.5. The molecule has 5 nitrogen and oxygen atoms in total. The first-order valence-electron chi connectivity index (χ1n) is 7.21. The molecule has 0 aliphatic carbocycles. The van der Waals surface area contributed by atoms with Crippen molar-refractivity contribution in [3.8, 4) is 11.5 Å². The van der Waals surface area contributed by atoms with Gasteiger partial charge < -0.3 is 19.7 Å². The lowest BCUT2D eigenvalue weighted by molar-refractivity contribution is 0.0694. The van der Waals surface area contributed by atoms with Crippen LogP contribution in [0.4, 0.5) is 0 Å². The quantitative estimate of drug-likeness (QED) is 0.857. The van der Waals surface area contributed by atoms with Crippen LogP contribution in [0.2, 0.25) is 0 Å². The van der Waals surface area contributed by atoms with Crippen LogP contribution in [-0.2, 0) is 0 Å². The summed E-state index contributed by atoms with van der Waals surface area (Å²) >= 11 is 0. The zero-order valence-corrected chi connectivity index (χ0v) is 13.3. The molecule has 2 atom stereocenters. The summed E-state index contributed by atoms with van der Waals surface area (Å²) in [6.45, 7) is 1.64. The van der Waals surface area contributed by atoms with Gasteiger partial charge >= 0.3 is 5.97 Å². The first kappa shape index (κ1) is 16.8. The maximum Gasteiger partial charge on any atom is 0.335 e. The molecule has 2 N–H and O–H groups in total. The highest BCUT2D eigenvalue weighted by molar-refractivity contribution is 5.90. The summed E-state index contributed by atoms with van der Waals surface area (Å²) in [5.41, 5.74) is 1.46. The number of rotatable bonds is 6. The number of carboxylic acids is 1. The number of aliphatic hydroxyl groups is 1. The van der Waals surface area contributed by atoms with Crippen molar-refractivity contribution in [1.29, 1.82) is 0 Å². The maximum atomic E-state index is 11.5. The Morgan fingerprint density at radius 3 is 2.04 bits per heavy atom. The Hall–Kier alpha value is -2.53. The minimum absolute atomic E-state index is 0.146. The molecular weight excluding hydrogens is 296 g/mol. The van der Waals surface area contributed by atoms with Gasteiger partial charge in [-0.2, -0.15) is 0 Å². The summed E-state index contributed by atoms with van der Waals surface area (Å²) in [5, 5.41) is 19.7. The van der Waals surface area contributed by atoms with Crippen LogP contribution in [-0.4, -0.2) is 36.5 Å². The third kappa shape index (κ3) is 3.63. The smallest absolute Gasteiger partial charge is 0.335 e. The number of methoxy groups -OCH3 is 2. The van der Waals surface area contributed by atoms with E-state index in [1.165, 1.54) is 13.2 Å². The van der Waals surface area contributed by atoms with Gasteiger partial charge in [-0.05, 0) is 48.4 Å². The van der Waals surface area contributed by atoms with Crippen LogP contribution in [0.25, 0.3) is 0 Å². The second-order valence-corrected chi connectivity index (χ2v) is 5.25. The van der Waals surface area contributed by atoms with Gasteiger partial charge in [0.2, 0.25) is 0 Å². The number of ether oxygens (including phenoxy) is 2. The zero-order chi connectivity index (χ0) is 17.0. The minimum Gasteiger partial charge on any atom is -0.497 e. The fourth-order valence-corrected chi connectivity index (χ4v) is 2.65. The lowest BCUT2D eigenvalue weighted by Crippen LogP contribution is -2.19. The monoisotopic (exact) mass is 316 g/mol. The summed E-state index contributed by atoms with van der Waals surface area (Å²) < 4.78 is 10.3. The van der Waals surface area contributed by atoms with E-state index in [0.717, 1.165) is 5.56 Å². The molecule has 2 aromatic rings. The number of benzene rings is 2. The molecule has 0 saturated carbocycles. The first-order chi connectivity index (χ1) is 11.0. The molecule has 2 aromatic carbocycles. The number of carbonyl (C=O) groups is 1. The van der Waals surface area contributed by atoms with Gasteiger partial charge in [-0.3, -0.25) is 0 Å². The Morgan fingerprint density at radius 1 is 1.00 bits per heavy atom. The summed E-state index contributed by atoms with van der Waals surface area (Å²) in [5.74, 6) is -0.282. The second kappa shape index (κ2) is 7.15. The van der Waals surface area contributed by atoms with E-state index < -0.39 is 18.0 Å². The van der Waals surface area contributed by atoms with E-state index in [2.05, 4.69) is 0 Å². The average Bonchev–Trinajstić information content (AvgIpc) is 2.55. The molecular formula is C18H20O5. The van der Waals surface area contributed by atoms with E-state index in [9.17, 15) is 15.0 Å². The Morgan fingerprint density at radius 2 is 1.57 bits per heavy atom. The van der Waals surface area contributed by atoms with E-state index in [1.54, 1.807) is 38.3 Å². The van der Waals surface area contributed by atoms with Crippen LogP contribution in [0.3, 0.4) is 0 Å². The van der Waals surface area contributed by atoms with Crippen molar-refractivity contribution in [2.24, 2.45) is 0 Å². The molecule has 0 spiro atoms. The average molecular weight is 316 g/mol. The lowest BCUT2D eigenvalue weighted by atomic mass is 9.84. The summed E-state index contributed by atoms with van der Waals surface area (Å²) in [4.78, 5) is 11.5. The molecule has 23 heavy (non-hydrogen) atoms. The van der Waals surface area contributed by atoms with Gasteiger partial charge in [0.1, 0.15) is 11.5 Å². The molecule has 0 bridgehead atoms. The third-order valence-corrected chi connectivity index (χ3v) is 3.78. The van der Waals surface area contributed by atoms with E-state index in [4.69, 9.17) is 9.47 Å². The van der Waals surface area contributed by atoms with Gasteiger partial charge in [0.25, 0.3) is 0 Å². The van der Waals surface area contributed by atoms with E-state index >= 15 is 0 Å². The normalized spacial score (nSPS) is 13.2. The fourth-order valence-electron chi connectivity index (χ4n) is 2.65. The van der Waals surface area contributed by atoms with Crippen LogP contribution >= 0.6 is 0 Å². The molecule has 0 aromatic heterocycles. The predicted molar refractivity (Wildman–Crippen MR) is 86.5 cm³/mol. The van der Waals surface area contributed by atoms with Crippen LogP contribution in [0.5, 0.6) is 11.5 Å². The molecule has 0 amide bonds. The Kier molecular flexibility index (Phi) is 5.24. The topological polar surface area (TPSA) is 76.0 Å². The van der Waals surface area contributed by atoms with Gasteiger partial charge in [-0.1, -0.05) is 12.1 Å². The Bertz CT molecular complexity index is 676. The molecule has 0 radical (unpaired) electrons. The van der Waals surface area contributed by atoms with Gasteiger partial charge in [0, 0.05) is 5.92 Å². The van der Waals surface area contributed by atoms with Crippen molar-refractivity contribution in [1.82, 2.24) is 0 Å². The molecule has 0 aliphatic rings. The van der Waals surface area contributed by atoms with Crippen molar-refractivity contribution >= 4 is 5.97 Å². The molecule has 0 heterocycles. The van der Waals surface area contributed by atoms with Crippen molar-refractivity contribution < 1.29 is 24.5 Å². The first-order valence-corrected chi connectivity index (χ1v) is 7.21. The van der Waals surface area contributed by atoms with E-state index in [-0.39, 0.29) is 5.56 Å². The molecule has 0 aliphatic heterocycles. The molecule has 0 fully saturated rings. The lowest BCUT2D eigenvalue weighted by Gasteiger charge is -2.23. The highest BCUT2D eigenvalue weighted by Gasteiger charge is 2.25. The number of hydrogen-bond donors (Lipinski definition) is 2. The van der Waals surface area contributed by atoms with Crippen molar-refractivity contribution in [3.63, 3.8) is 0 Å². The number of aromatic carboxylic acids is 1. The van der Waals surface area contributed by atoms with E-state index in [1.807, 2.05) is 12.1 Å². The SMILES string of the molecule is COc1ccc(C(c2cc(OC)ccc2C(=O)O)C(C)O)cc1. The summed E-state index contributed by atoms with van der Waals surface area (Å²) in [6, 6.07) is 12.0.